The monoisotopic (exact) mass is 441 g/mol. The van der Waals surface area contributed by atoms with Crippen LogP contribution in [0.5, 0.6) is 5.75 Å². The molecule has 0 radical (unpaired) electrons. The molecule has 1 aliphatic rings. The SMILES string of the molecule is I.NC(=NCCc1ccc(F)cc1)NC1CCOc2ccccc21. The molecular formula is C18H21FIN3O. The van der Waals surface area contributed by atoms with Crippen molar-refractivity contribution >= 4 is 29.9 Å². The van der Waals surface area contributed by atoms with E-state index >= 15 is 0 Å². The van der Waals surface area contributed by atoms with Crippen molar-refractivity contribution in [3.05, 3.63) is 65.5 Å². The van der Waals surface area contributed by atoms with Crippen LogP contribution in [0.15, 0.2) is 53.5 Å². The Bertz CT molecular complexity index is 691. The first-order valence-electron chi connectivity index (χ1n) is 7.75. The normalized spacial score (nSPS) is 16.5. The number of fused-ring (bicyclic) bond motifs is 1. The van der Waals surface area contributed by atoms with E-state index in [0.29, 0.717) is 19.1 Å². The molecule has 0 saturated carbocycles. The van der Waals surface area contributed by atoms with Crippen LogP contribution in [0.1, 0.15) is 23.6 Å². The van der Waals surface area contributed by atoms with Crippen LogP contribution in [0, 0.1) is 5.82 Å². The molecule has 4 nitrogen and oxygen atoms in total. The molecule has 3 rings (SSSR count). The summed E-state index contributed by atoms with van der Waals surface area (Å²) in [5.41, 5.74) is 8.14. The molecule has 1 heterocycles. The molecular weight excluding hydrogens is 420 g/mol. The summed E-state index contributed by atoms with van der Waals surface area (Å²) in [5.74, 6) is 1.10. The van der Waals surface area contributed by atoms with Gasteiger partial charge in [-0.3, -0.25) is 4.99 Å². The molecule has 1 aliphatic heterocycles. The number of guanidine groups is 1. The first kappa shape index (κ1) is 18.5. The molecule has 3 N–H and O–H groups in total. The second kappa shape index (κ2) is 8.86. The third-order valence-corrected chi connectivity index (χ3v) is 3.88. The maximum atomic E-state index is 12.9. The number of aliphatic imine (C=N–C) groups is 1. The van der Waals surface area contributed by atoms with Crippen LogP contribution in [0.2, 0.25) is 0 Å². The van der Waals surface area contributed by atoms with Crippen LogP contribution in [-0.4, -0.2) is 19.1 Å². The van der Waals surface area contributed by atoms with Crippen molar-refractivity contribution in [1.29, 1.82) is 0 Å². The van der Waals surface area contributed by atoms with E-state index in [2.05, 4.69) is 10.3 Å². The van der Waals surface area contributed by atoms with Gasteiger partial charge in [-0.2, -0.15) is 0 Å². The van der Waals surface area contributed by atoms with E-state index in [-0.39, 0.29) is 35.8 Å². The van der Waals surface area contributed by atoms with Gasteiger partial charge in [-0.15, -0.1) is 24.0 Å². The zero-order chi connectivity index (χ0) is 16.1. The average Bonchev–Trinajstić information content (AvgIpc) is 2.57. The van der Waals surface area contributed by atoms with E-state index in [1.807, 2.05) is 24.3 Å². The Morgan fingerprint density at radius 2 is 1.96 bits per heavy atom. The molecule has 0 aliphatic carbocycles. The zero-order valence-electron chi connectivity index (χ0n) is 13.2. The minimum atomic E-state index is -0.225. The van der Waals surface area contributed by atoms with E-state index in [1.54, 1.807) is 12.1 Å². The maximum absolute atomic E-state index is 12.9. The van der Waals surface area contributed by atoms with Crippen LogP contribution in [0.4, 0.5) is 4.39 Å². The first-order valence-corrected chi connectivity index (χ1v) is 7.75. The van der Waals surface area contributed by atoms with Gasteiger partial charge in [0.25, 0.3) is 0 Å². The summed E-state index contributed by atoms with van der Waals surface area (Å²) in [7, 11) is 0. The molecule has 0 bridgehead atoms. The van der Waals surface area contributed by atoms with Gasteiger partial charge < -0.3 is 15.8 Å². The van der Waals surface area contributed by atoms with E-state index < -0.39 is 0 Å². The summed E-state index contributed by atoms with van der Waals surface area (Å²) in [5, 5.41) is 3.26. The van der Waals surface area contributed by atoms with Crippen molar-refractivity contribution in [2.45, 2.75) is 18.9 Å². The number of nitrogens with two attached hydrogens (primary N) is 1. The minimum absolute atomic E-state index is 0. The third-order valence-electron chi connectivity index (χ3n) is 3.88. The highest BCUT2D eigenvalue weighted by atomic mass is 127. The predicted molar refractivity (Wildman–Crippen MR) is 104 cm³/mol. The van der Waals surface area contributed by atoms with Crippen molar-refractivity contribution in [1.82, 2.24) is 5.32 Å². The molecule has 2 aromatic carbocycles. The molecule has 0 fully saturated rings. The Labute approximate surface area is 158 Å². The van der Waals surface area contributed by atoms with Crippen molar-refractivity contribution in [3.8, 4) is 5.75 Å². The van der Waals surface area contributed by atoms with Gasteiger partial charge in [0.15, 0.2) is 5.96 Å². The fourth-order valence-electron chi connectivity index (χ4n) is 2.67. The lowest BCUT2D eigenvalue weighted by molar-refractivity contribution is 0.262. The molecule has 0 saturated heterocycles. The Morgan fingerprint density at radius 1 is 1.21 bits per heavy atom. The van der Waals surface area contributed by atoms with E-state index in [4.69, 9.17) is 10.5 Å². The van der Waals surface area contributed by atoms with Crippen LogP contribution < -0.4 is 15.8 Å². The Balaban J connectivity index is 0.00000208. The number of nitrogens with zero attached hydrogens (tertiary/aromatic N) is 1. The number of benzene rings is 2. The van der Waals surface area contributed by atoms with E-state index in [1.165, 1.54) is 12.1 Å². The van der Waals surface area contributed by atoms with Gasteiger partial charge in [-0.25, -0.2) is 4.39 Å². The van der Waals surface area contributed by atoms with Crippen molar-refractivity contribution in [3.63, 3.8) is 0 Å². The van der Waals surface area contributed by atoms with Gasteiger partial charge in [-0.05, 0) is 30.2 Å². The lowest BCUT2D eigenvalue weighted by Crippen LogP contribution is -2.37. The number of rotatable bonds is 4. The lowest BCUT2D eigenvalue weighted by atomic mass is 10.0. The second-order valence-electron chi connectivity index (χ2n) is 5.52. The number of halogens is 2. The molecule has 0 amide bonds. The second-order valence-corrected chi connectivity index (χ2v) is 5.52. The van der Waals surface area contributed by atoms with Crippen molar-refractivity contribution < 1.29 is 9.13 Å². The van der Waals surface area contributed by atoms with Gasteiger partial charge >= 0.3 is 0 Å². The molecule has 6 heteroatoms. The fourth-order valence-corrected chi connectivity index (χ4v) is 2.67. The van der Waals surface area contributed by atoms with Gasteiger partial charge in [-0.1, -0.05) is 30.3 Å². The minimum Gasteiger partial charge on any atom is -0.493 e. The molecule has 0 aromatic heterocycles. The van der Waals surface area contributed by atoms with Gasteiger partial charge in [0.2, 0.25) is 0 Å². The maximum Gasteiger partial charge on any atom is 0.189 e. The highest BCUT2D eigenvalue weighted by Gasteiger charge is 2.21. The molecule has 1 unspecified atom stereocenters. The average molecular weight is 441 g/mol. The highest BCUT2D eigenvalue weighted by molar-refractivity contribution is 14.0. The van der Waals surface area contributed by atoms with Crippen LogP contribution in [0.3, 0.4) is 0 Å². The topological polar surface area (TPSA) is 59.6 Å². The number of para-hydroxylation sites is 1. The molecule has 24 heavy (non-hydrogen) atoms. The number of hydrogen-bond acceptors (Lipinski definition) is 2. The summed E-state index contributed by atoms with van der Waals surface area (Å²) in [6, 6.07) is 14.5. The lowest BCUT2D eigenvalue weighted by Gasteiger charge is -2.26. The largest absolute Gasteiger partial charge is 0.493 e. The molecule has 0 spiro atoms. The smallest absolute Gasteiger partial charge is 0.189 e. The van der Waals surface area contributed by atoms with Gasteiger partial charge in [0.1, 0.15) is 11.6 Å². The van der Waals surface area contributed by atoms with Crippen molar-refractivity contribution in [2.75, 3.05) is 13.2 Å². The van der Waals surface area contributed by atoms with Gasteiger partial charge in [0, 0.05) is 18.5 Å². The van der Waals surface area contributed by atoms with Crippen LogP contribution in [0.25, 0.3) is 0 Å². The highest BCUT2D eigenvalue weighted by Crippen LogP contribution is 2.31. The molecule has 1 atom stereocenters. The first-order chi connectivity index (χ1) is 11.2. The van der Waals surface area contributed by atoms with Crippen molar-refractivity contribution in [2.24, 2.45) is 10.7 Å². The predicted octanol–water partition coefficient (Wildman–Crippen LogP) is 3.41. The van der Waals surface area contributed by atoms with Gasteiger partial charge in [0.05, 0.1) is 12.6 Å². The van der Waals surface area contributed by atoms with E-state index in [0.717, 1.165) is 29.7 Å². The Hall–Kier alpha value is -1.83. The van der Waals surface area contributed by atoms with E-state index in [9.17, 15) is 4.39 Å². The quantitative estimate of drug-likeness (QED) is 0.435. The van der Waals surface area contributed by atoms with Crippen LogP contribution >= 0.6 is 24.0 Å². The zero-order valence-corrected chi connectivity index (χ0v) is 15.6. The summed E-state index contributed by atoms with van der Waals surface area (Å²) in [6.07, 6.45) is 1.58. The summed E-state index contributed by atoms with van der Waals surface area (Å²) < 4.78 is 18.5. The standard InChI is InChI=1S/C18H20FN3O.HI/c19-14-7-5-13(6-8-14)9-11-21-18(20)22-16-10-12-23-17-4-2-1-3-15(16)17;/h1-8,16H,9-12H2,(H3,20,21,22);1H. The summed E-state index contributed by atoms with van der Waals surface area (Å²) >= 11 is 0. The number of nitrogens with one attached hydrogen (secondary N) is 1. The fraction of sp³-hybridized carbons (Fsp3) is 0.278. The third kappa shape index (κ3) is 4.83. The number of hydrogen-bond donors (Lipinski definition) is 2. The molecule has 128 valence electrons. The molecule has 2 aromatic rings. The summed E-state index contributed by atoms with van der Waals surface area (Å²) in [6.45, 7) is 1.23. The Morgan fingerprint density at radius 3 is 2.75 bits per heavy atom. The number of ether oxygens (including phenoxy) is 1. The Kier molecular flexibility index (Phi) is 6.84. The van der Waals surface area contributed by atoms with Crippen LogP contribution in [-0.2, 0) is 6.42 Å². The summed E-state index contributed by atoms with van der Waals surface area (Å²) in [4.78, 5) is 4.36.